The molecule has 1 aliphatic heterocycles. The molecule has 0 spiro atoms. The van der Waals surface area contributed by atoms with Crippen LogP contribution in [-0.2, 0) is 21.2 Å². The lowest BCUT2D eigenvalue weighted by Crippen LogP contribution is -2.22. The summed E-state index contributed by atoms with van der Waals surface area (Å²) in [6, 6.07) is 8.17. The van der Waals surface area contributed by atoms with Crippen molar-refractivity contribution < 1.29 is 19.6 Å². The number of hydrogen-bond donors (Lipinski definition) is 0. The molecule has 1 aliphatic rings. The largest absolute Gasteiger partial charge is 0.497 e. The molecule has 94 valence electrons. The van der Waals surface area contributed by atoms with Gasteiger partial charge in [-0.2, -0.15) is 0 Å². The van der Waals surface area contributed by atoms with E-state index >= 15 is 0 Å². The van der Waals surface area contributed by atoms with Crippen molar-refractivity contribution in [3.05, 3.63) is 29.8 Å². The minimum absolute atomic E-state index is 0.169. The van der Waals surface area contributed by atoms with Crippen LogP contribution in [0.4, 0.5) is 0 Å². The molecular formula is C13H18O4. The summed E-state index contributed by atoms with van der Waals surface area (Å²) in [4.78, 5) is 9.66. The average Bonchev–Trinajstić information content (AvgIpc) is 2.41. The van der Waals surface area contributed by atoms with Gasteiger partial charge in [0, 0.05) is 6.42 Å². The minimum atomic E-state index is 0.169. The number of hydrogen-bond acceptors (Lipinski definition) is 4. The standard InChI is InChI=1S/C13H18O4/c1-14-12-7-5-11(6-8-12)3-2-4-13-9-10-15-17-16-13/h5-8,13H,2-4,9-10H2,1H3. The molecule has 4 nitrogen and oxygen atoms in total. The Morgan fingerprint density at radius 1 is 1.29 bits per heavy atom. The van der Waals surface area contributed by atoms with Crippen molar-refractivity contribution in [3.63, 3.8) is 0 Å². The third kappa shape index (κ3) is 4.00. The van der Waals surface area contributed by atoms with Gasteiger partial charge in [0.2, 0.25) is 0 Å². The molecule has 0 aliphatic carbocycles. The Morgan fingerprint density at radius 3 is 2.76 bits per heavy atom. The van der Waals surface area contributed by atoms with E-state index in [-0.39, 0.29) is 6.10 Å². The molecule has 0 bridgehead atoms. The zero-order valence-corrected chi connectivity index (χ0v) is 10.1. The summed E-state index contributed by atoms with van der Waals surface area (Å²) in [5.74, 6) is 0.898. The molecule has 1 aromatic rings. The molecular weight excluding hydrogens is 220 g/mol. The van der Waals surface area contributed by atoms with Crippen LogP contribution in [0.2, 0.25) is 0 Å². The monoisotopic (exact) mass is 238 g/mol. The summed E-state index contributed by atoms with van der Waals surface area (Å²) in [5, 5.41) is 4.50. The van der Waals surface area contributed by atoms with E-state index in [4.69, 9.17) is 9.62 Å². The van der Waals surface area contributed by atoms with Crippen LogP contribution in [0.15, 0.2) is 24.3 Å². The van der Waals surface area contributed by atoms with Gasteiger partial charge in [0.05, 0.1) is 19.8 Å². The molecule has 1 heterocycles. The molecule has 1 aromatic carbocycles. The molecule has 1 fully saturated rings. The summed E-state index contributed by atoms with van der Waals surface area (Å²) >= 11 is 0. The van der Waals surface area contributed by atoms with Crippen molar-refractivity contribution in [2.24, 2.45) is 0 Å². The van der Waals surface area contributed by atoms with Crippen LogP contribution in [-0.4, -0.2) is 19.8 Å². The summed E-state index contributed by atoms with van der Waals surface area (Å²) < 4.78 is 5.12. The molecule has 0 N–H and O–H groups in total. The second-order valence-electron chi connectivity index (χ2n) is 4.14. The Morgan fingerprint density at radius 2 is 2.12 bits per heavy atom. The van der Waals surface area contributed by atoms with Crippen LogP contribution in [0.1, 0.15) is 24.8 Å². The van der Waals surface area contributed by atoms with Crippen LogP contribution in [0, 0.1) is 0 Å². The summed E-state index contributed by atoms with van der Waals surface area (Å²) in [6.45, 7) is 0.618. The van der Waals surface area contributed by atoms with E-state index in [1.54, 1.807) is 7.11 Å². The number of rotatable bonds is 5. The van der Waals surface area contributed by atoms with Crippen LogP contribution in [0.3, 0.4) is 0 Å². The second-order valence-corrected chi connectivity index (χ2v) is 4.14. The fraction of sp³-hybridized carbons (Fsp3) is 0.538. The Bertz CT molecular complexity index is 317. The van der Waals surface area contributed by atoms with Gasteiger partial charge < -0.3 is 4.74 Å². The van der Waals surface area contributed by atoms with E-state index in [9.17, 15) is 0 Å². The summed E-state index contributed by atoms with van der Waals surface area (Å²) in [6.07, 6.45) is 4.20. The number of methoxy groups -OCH3 is 1. The first kappa shape index (κ1) is 12.4. The first-order chi connectivity index (χ1) is 8.38. The lowest BCUT2D eigenvalue weighted by atomic mass is 10.0. The van der Waals surface area contributed by atoms with Crippen molar-refractivity contribution >= 4 is 0 Å². The molecule has 1 saturated heterocycles. The zero-order valence-electron chi connectivity index (χ0n) is 10.1. The minimum Gasteiger partial charge on any atom is -0.497 e. The topological polar surface area (TPSA) is 36.9 Å². The third-order valence-electron chi connectivity index (χ3n) is 2.90. The second kappa shape index (κ2) is 6.59. The predicted octanol–water partition coefficient (Wildman–Crippen LogP) is 2.67. The normalized spacial score (nSPS) is 20.2. The molecule has 0 saturated carbocycles. The van der Waals surface area contributed by atoms with Crippen LogP contribution in [0.25, 0.3) is 0 Å². The Kier molecular flexibility index (Phi) is 4.79. The van der Waals surface area contributed by atoms with Gasteiger partial charge >= 0.3 is 0 Å². The molecule has 4 heteroatoms. The quantitative estimate of drug-likeness (QED) is 0.739. The number of benzene rings is 1. The van der Waals surface area contributed by atoms with Crippen LogP contribution >= 0.6 is 0 Å². The lowest BCUT2D eigenvalue weighted by molar-refractivity contribution is -0.549. The highest BCUT2D eigenvalue weighted by molar-refractivity contribution is 5.27. The van der Waals surface area contributed by atoms with Gasteiger partial charge in [-0.15, -0.1) is 0 Å². The maximum absolute atomic E-state index is 5.12. The van der Waals surface area contributed by atoms with Crippen molar-refractivity contribution in [2.75, 3.05) is 13.7 Å². The van der Waals surface area contributed by atoms with Crippen molar-refractivity contribution in [2.45, 2.75) is 31.8 Å². The van der Waals surface area contributed by atoms with Crippen LogP contribution in [0.5, 0.6) is 5.75 Å². The van der Waals surface area contributed by atoms with Crippen LogP contribution < -0.4 is 4.74 Å². The zero-order chi connectivity index (χ0) is 11.9. The van der Waals surface area contributed by atoms with E-state index in [0.29, 0.717) is 6.61 Å². The average molecular weight is 238 g/mol. The van der Waals surface area contributed by atoms with Gasteiger partial charge in [0.25, 0.3) is 0 Å². The Balaban J connectivity index is 1.69. The maximum atomic E-state index is 5.12. The van der Waals surface area contributed by atoms with E-state index in [0.717, 1.165) is 31.4 Å². The Labute approximate surface area is 101 Å². The molecule has 17 heavy (non-hydrogen) atoms. The molecule has 0 aromatic heterocycles. The van der Waals surface area contributed by atoms with Crippen molar-refractivity contribution in [1.29, 1.82) is 0 Å². The van der Waals surface area contributed by atoms with Gasteiger partial charge in [-0.1, -0.05) is 17.2 Å². The molecule has 1 atom stereocenters. The van der Waals surface area contributed by atoms with E-state index < -0.39 is 0 Å². The van der Waals surface area contributed by atoms with Gasteiger partial charge in [0.15, 0.2) is 0 Å². The molecule has 0 amide bonds. The highest BCUT2D eigenvalue weighted by Crippen LogP contribution is 2.16. The van der Waals surface area contributed by atoms with Gasteiger partial charge in [0.1, 0.15) is 5.75 Å². The summed E-state index contributed by atoms with van der Waals surface area (Å²) in [7, 11) is 1.68. The predicted molar refractivity (Wildman–Crippen MR) is 62.5 cm³/mol. The van der Waals surface area contributed by atoms with E-state index in [2.05, 4.69) is 22.1 Å². The van der Waals surface area contributed by atoms with Crippen molar-refractivity contribution in [1.82, 2.24) is 0 Å². The fourth-order valence-electron chi connectivity index (χ4n) is 1.86. The Hall–Kier alpha value is -1.10. The van der Waals surface area contributed by atoms with E-state index in [1.807, 2.05) is 12.1 Å². The smallest absolute Gasteiger partial charge is 0.118 e. The van der Waals surface area contributed by atoms with E-state index in [1.165, 1.54) is 5.56 Å². The SMILES string of the molecule is COc1ccc(CCCC2CCOOO2)cc1. The van der Waals surface area contributed by atoms with Gasteiger partial charge in [-0.05, 0) is 37.0 Å². The maximum Gasteiger partial charge on any atom is 0.118 e. The molecule has 2 rings (SSSR count). The fourth-order valence-corrected chi connectivity index (χ4v) is 1.86. The number of ether oxygens (including phenoxy) is 1. The first-order valence-corrected chi connectivity index (χ1v) is 5.96. The van der Waals surface area contributed by atoms with Gasteiger partial charge in [-0.3, -0.25) is 0 Å². The lowest BCUT2D eigenvalue weighted by Gasteiger charge is -2.19. The number of aryl methyl sites for hydroxylation is 1. The molecule has 0 radical (unpaired) electrons. The van der Waals surface area contributed by atoms with Gasteiger partial charge in [-0.25, -0.2) is 9.78 Å². The highest BCUT2D eigenvalue weighted by atomic mass is 17.5. The highest BCUT2D eigenvalue weighted by Gasteiger charge is 2.15. The van der Waals surface area contributed by atoms with Crippen molar-refractivity contribution in [3.8, 4) is 5.75 Å². The summed E-state index contributed by atoms with van der Waals surface area (Å²) in [5.41, 5.74) is 1.32. The first-order valence-electron chi connectivity index (χ1n) is 5.96. The molecule has 1 unspecified atom stereocenters. The third-order valence-corrected chi connectivity index (χ3v) is 2.90.